The number of benzene rings is 4. The molecule has 4 aliphatic carbocycles. The van der Waals surface area contributed by atoms with Gasteiger partial charge in [-0.3, -0.25) is 48.5 Å². The van der Waals surface area contributed by atoms with Crippen molar-refractivity contribution in [2.45, 2.75) is 149 Å². The zero-order valence-electron chi connectivity index (χ0n) is 58.3. The number of para-hydroxylation sites is 1. The molecule has 4 aromatic carbocycles. The number of ether oxygens (including phenoxy) is 2. The number of nitrogens with zero attached hydrogens (tertiary/aromatic N) is 6. The number of aliphatic carboxylic acids is 1. The molecule has 7 atom stereocenters. The van der Waals surface area contributed by atoms with Crippen LogP contribution in [0.3, 0.4) is 0 Å². The highest BCUT2D eigenvalue weighted by Gasteiger charge is 2.85. The van der Waals surface area contributed by atoms with E-state index >= 15 is 0 Å². The third-order valence-corrected chi connectivity index (χ3v) is 22.6. The Balaban J connectivity index is 0.666. The second-order valence-electron chi connectivity index (χ2n) is 29.3. The highest BCUT2D eigenvalue weighted by Crippen LogP contribution is 2.90. The van der Waals surface area contributed by atoms with Gasteiger partial charge >= 0.3 is 24.1 Å². The maximum atomic E-state index is 13.9. The van der Waals surface area contributed by atoms with Gasteiger partial charge in [-0.05, 0) is 164 Å². The van der Waals surface area contributed by atoms with Crippen molar-refractivity contribution in [3.05, 3.63) is 138 Å². The molecule has 0 radical (unpaired) electrons. The van der Waals surface area contributed by atoms with Crippen LogP contribution in [0.15, 0.2) is 115 Å². The van der Waals surface area contributed by atoms with E-state index in [1.54, 1.807) is 62.5 Å². The van der Waals surface area contributed by atoms with E-state index in [0.29, 0.717) is 75.5 Å². The largest absolute Gasteiger partial charge is 0.481 e. The molecule has 9 N–H and O–H groups in total. The zero-order chi connectivity index (χ0) is 73.2. The first-order valence-corrected chi connectivity index (χ1v) is 35.8. The smallest absolute Gasteiger partial charge is 0.410 e. The molecule has 3 bridgehead atoms. The number of hydrogen-bond donors (Lipinski definition) is 8. The lowest BCUT2D eigenvalue weighted by molar-refractivity contribution is -0.178. The molecule has 4 saturated carbocycles. The predicted molar refractivity (Wildman–Crippen MR) is 384 cm³/mol. The van der Waals surface area contributed by atoms with E-state index in [9.17, 15) is 58.2 Å². The molecule has 27 heteroatoms. The van der Waals surface area contributed by atoms with Crippen molar-refractivity contribution in [1.82, 2.24) is 45.5 Å². The number of carboxylic acids is 2. The minimum absolute atomic E-state index is 0.0129. The van der Waals surface area contributed by atoms with Gasteiger partial charge in [0.25, 0.3) is 17.7 Å². The number of primary amides is 1. The summed E-state index contributed by atoms with van der Waals surface area (Å²) in [6, 6.07) is 25.9. The molecule has 0 saturated heterocycles. The van der Waals surface area contributed by atoms with Crippen LogP contribution < -0.4 is 32.3 Å². The van der Waals surface area contributed by atoms with Crippen LogP contribution in [-0.4, -0.2) is 150 Å². The molecule has 4 heterocycles. The van der Waals surface area contributed by atoms with Gasteiger partial charge in [-0.15, -0.1) is 0 Å². The molecule has 1 aliphatic heterocycles. The molecule has 7 aromatic rings. The number of rotatable bonds is 32. The fraction of sp³-hybridized carbons (Fsp3) is 0.434. The Hall–Kier alpha value is -10.4. The SMILES string of the molecule is Cc1c(-c2ccc(-c3ccc4cccc(C(=O)Nc5nc6ccccc6s5)c4c3)nc2C(=O)O)cnn1CC12CC3(OCCN(CCC(=O)O)C(=O)OCc4ccc(NC(=O)[C@H](CCCNC(N)=O)NC(=O)C(NC(=O)CCCCCN5C(=O)C=CC5=O)C(C)C)cc4)CC4(C)CC(C)(C1)C2(C4)C3. The summed E-state index contributed by atoms with van der Waals surface area (Å²) in [5.41, 5.74) is 9.37. The van der Waals surface area contributed by atoms with E-state index in [1.807, 2.05) is 66.2 Å². The van der Waals surface area contributed by atoms with Crippen LogP contribution in [0.4, 0.5) is 20.4 Å². The summed E-state index contributed by atoms with van der Waals surface area (Å²) >= 11 is 1.39. The molecule has 6 unspecified atom stereocenters. The summed E-state index contributed by atoms with van der Waals surface area (Å²) in [5, 5.41) is 41.3. The van der Waals surface area contributed by atoms with E-state index in [2.05, 4.69) is 45.4 Å². The van der Waals surface area contributed by atoms with E-state index < -0.39 is 53.6 Å². The molecule has 540 valence electrons. The quantitative estimate of drug-likeness (QED) is 0.0143. The summed E-state index contributed by atoms with van der Waals surface area (Å²) in [5.74, 6) is -5.29. The Kier molecular flexibility index (Phi) is 20.7. The van der Waals surface area contributed by atoms with E-state index in [4.69, 9.17) is 25.3 Å². The molecule has 26 nitrogen and oxygen atoms in total. The van der Waals surface area contributed by atoms with Gasteiger partial charge in [0.1, 0.15) is 18.7 Å². The number of amides is 9. The van der Waals surface area contributed by atoms with Crippen molar-refractivity contribution in [2.24, 2.45) is 33.3 Å². The van der Waals surface area contributed by atoms with Crippen LogP contribution in [0.5, 0.6) is 0 Å². The lowest BCUT2D eigenvalue weighted by atomic mass is 9.39. The van der Waals surface area contributed by atoms with Gasteiger partial charge in [-0.25, -0.2) is 24.4 Å². The van der Waals surface area contributed by atoms with Crippen LogP contribution in [0.2, 0.25) is 0 Å². The van der Waals surface area contributed by atoms with Crippen LogP contribution in [0.1, 0.15) is 143 Å². The first-order valence-electron chi connectivity index (χ1n) is 35.0. The monoisotopic (exact) mass is 1420 g/mol. The van der Waals surface area contributed by atoms with Gasteiger partial charge < -0.3 is 51.6 Å². The van der Waals surface area contributed by atoms with Crippen molar-refractivity contribution in [3.8, 4) is 22.4 Å². The third kappa shape index (κ3) is 15.2. The summed E-state index contributed by atoms with van der Waals surface area (Å²) < 4.78 is 15.8. The molecule has 3 aromatic heterocycles. The van der Waals surface area contributed by atoms with Crippen LogP contribution >= 0.6 is 11.3 Å². The average Bonchev–Trinajstić information content (AvgIpc) is 1.46. The molecular formula is C76H86N12O14S. The number of aromatic nitrogens is 4. The maximum absolute atomic E-state index is 13.9. The van der Waals surface area contributed by atoms with Gasteiger partial charge in [0, 0.05) is 84.9 Å². The summed E-state index contributed by atoms with van der Waals surface area (Å²) in [4.78, 5) is 141. The summed E-state index contributed by atoms with van der Waals surface area (Å²) in [7, 11) is 0. The topological polar surface area (TPSA) is 366 Å². The normalized spacial score (nSPS) is 21.8. The Labute approximate surface area is 598 Å². The number of aromatic carboxylic acids is 1. The number of fused-ring (bicyclic) bond motifs is 4. The van der Waals surface area contributed by atoms with E-state index in [1.165, 1.54) is 28.4 Å². The highest BCUT2D eigenvalue weighted by molar-refractivity contribution is 7.22. The van der Waals surface area contributed by atoms with Crippen molar-refractivity contribution < 1.29 is 67.6 Å². The Morgan fingerprint density at radius 3 is 2.28 bits per heavy atom. The fourth-order valence-electron chi connectivity index (χ4n) is 17.5. The standard InChI is InChI=1S/C76H86N12O14S/c1-45(2)63(84-59(89)18-7-6-10-31-87-60(90)27-28-61(87)91)67(96)82-57(16-12-30-78-69(77)99)66(95)80-50-23-19-47(20-24-50)37-101-71(100)86(32-29-62(92)93)33-34-102-75-39-72(4)38-73(5)41-74(42-75,76(73,40-72)43-75)44-88-46(3)54(36-79-88)51-25-26-55(81-64(51)68(97)98)49-22-21-48-13-11-14-52(53(48)35-49)65(94)85-70-83-56-15-8-9-17-58(56)103-70/h8-9,11,13-15,17,19-28,35-36,45,57,63H,6-7,10,12,16,18,29-34,37-44H2,1-5H3,(H,80,95)(H,82,96)(H,84,89)(H,92,93)(H,97,98)(H3,77,78,99)(H,83,85,94)/t57-,63?,72?,73?,74?,75?,76?/m0/s1. The lowest BCUT2D eigenvalue weighted by Crippen LogP contribution is -2.60. The molecule has 4 fully saturated rings. The van der Waals surface area contributed by atoms with Gasteiger partial charge in [0.15, 0.2) is 10.8 Å². The van der Waals surface area contributed by atoms with Crippen LogP contribution in [-0.2, 0) is 51.4 Å². The second-order valence-corrected chi connectivity index (χ2v) is 30.4. The number of pyridine rings is 1. The first kappa shape index (κ1) is 72.4. The minimum Gasteiger partial charge on any atom is -0.481 e. The van der Waals surface area contributed by atoms with Crippen molar-refractivity contribution in [1.29, 1.82) is 0 Å². The molecule has 103 heavy (non-hydrogen) atoms. The number of unbranched alkanes of at least 4 members (excludes halogenated alkanes) is 2. The Morgan fingerprint density at radius 2 is 1.54 bits per heavy atom. The number of carbonyl (C=O) groups excluding carboxylic acids is 8. The van der Waals surface area contributed by atoms with E-state index in [-0.39, 0.29) is 122 Å². The van der Waals surface area contributed by atoms with Gasteiger partial charge in [0.2, 0.25) is 17.7 Å². The van der Waals surface area contributed by atoms with Gasteiger partial charge in [-0.1, -0.05) is 94.0 Å². The zero-order valence-corrected chi connectivity index (χ0v) is 59.1. The number of nitrogens with two attached hydrogens (primary N) is 1. The number of hydrogen-bond acceptors (Lipinski definition) is 16. The predicted octanol–water partition coefficient (Wildman–Crippen LogP) is 10.4. The Bertz CT molecular complexity index is 4500. The number of nitrogens with one attached hydrogen (secondary N) is 5. The molecule has 12 rings (SSSR count). The second kappa shape index (κ2) is 29.5. The number of thiazole rings is 1. The first-order chi connectivity index (χ1) is 49.2. The number of urea groups is 1. The lowest BCUT2D eigenvalue weighted by Gasteiger charge is -2.65. The summed E-state index contributed by atoms with van der Waals surface area (Å²) in [6.45, 7) is 11.0. The van der Waals surface area contributed by atoms with Crippen molar-refractivity contribution >= 4 is 103 Å². The number of anilines is 2. The fourth-order valence-corrected chi connectivity index (χ4v) is 18.4. The highest BCUT2D eigenvalue weighted by atomic mass is 32.1. The third-order valence-electron chi connectivity index (χ3n) is 21.6. The summed E-state index contributed by atoms with van der Waals surface area (Å²) in [6.07, 6.45) is 10.4. The minimum atomic E-state index is -1.20. The van der Waals surface area contributed by atoms with Crippen LogP contribution in [0.25, 0.3) is 43.4 Å². The maximum Gasteiger partial charge on any atom is 0.410 e. The van der Waals surface area contributed by atoms with Crippen molar-refractivity contribution in [2.75, 3.05) is 43.4 Å². The van der Waals surface area contributed by atoms with E-state index in [0.717, 1.165) is 64.7 Å². The molecular weight excluding hydrogens is 1340 g/mol. The average molecular weight is 1420 g/mol. The van der Waals surface area contributed by atoms with Gasteiger partial charge in [-0.2, -0.15) is 5.10 Å². The van der Waals surface area contributed by atoms with Gasteiger partial charge in [0.05, 0.1) is 40.7 Å². The number of carboxylic acid groups (broad SMARTS) is 2. The number of imide groups is 1. The molecule has 1 spiro atoms. The van der Waals surface area contributed by atoms with Crippen molar-refractivity contribution in [3.63, 3.8) is 0 Å². The van der Waals surface area contributed by atoms with Crippen LogP contribution in [0, 0.1) is 34.5 Å². The molecule has 5 aliphatic rings. The number of carbonyl (C=O) groups is 10. The Morgan fingerprint density at radius 1 is 0.767 bits per heavy atom. The molecule has 9 amide bonds.